The molecule has 1 atom stereocenters. The summed E-state index contributed by atoms with van der Waals surface area (Å²) in [6, 6.07) is 14.7. The van der Waals surface area contributed by atoms with Gasteiger partial charge in [-0.15, -0.1) is 0 Å². The van der Waals surface area contributed by atoms with Crippen molar-refractivity contribution in [2.24, 2.45) is 0 Å². The van der Waals surface area contributed by atoms with Gasteiger partial charge in [-0.05, 0) is 30.2 Å². The lowest BCUT2D eigenvalue weighted by Gasteiger charge is -2.11. The zero-order chi connectivity index (χ0) is 18.3. The van der Waals surface area contributed by atoms with Crippen LogP contribution in [0.15, 0.2) is 48.5 Å². The second kappa shape index (κ2) is 8.70. The van der Waals surface area contributed by atoms with Crippen LogP contribution >= 0.6 is 7.37 Å². The number of rotatable bonds is 7. The Balaban J connectivity index is 1.79. The zero-order valence-corrected chi connectivity index (χ0v) is 15.2. The molecule has 7 heteroatoms. The second-order valence-corrected chi connectivity index (χ2v) is 8.25. The summed E-state index contributed by atoms with van der Waals surface area (Å²) in [5.74, 6) is 0.475. The molecule has 25 heavy (non-hydrogen) atoms. The van der Waals surface area contributed by atoms with Crippen molar-refractivity contribution in [2.45, 2.75) is 20.1 Å². The maximum atomic E-state index is 11.8. The summed E-state index contributed by atoms with van der Waals surface area (Å²) in [5, 5.41) is 2.66. The molecule has 0 aromatic heterocycles. The van der Waals surface area contributed by atoms with E-state index in [0.29, 0.717) is 5.75 Å². The highest BCUT2D eigenvalue weighted by Gasteiger charge is 2.10. The van der Waals surface area contributed by atoms with Crippen molar-refractivity contribution >= 4 is 13.5 Å². The van der Waals surface area contributed by atoms with Crippen LogP contribution in [0, 0.1) is 6.92 Å². The summed E-state index contributed by atoms with van der Waals surface area (Å²) in [7, 11) is -3.23. The molecule has 134 valence electrons. The van der Waals surface area contributed by atoms with Crippen LogP contribution in [0.4, 0.5) is 4.79 Å². The van der Waals surface area contributed by atoms with Crippen molar-refractivity contribution in [1.29, 1.82) is 0 Å². The molecule has 0 fully saturated rings. The first-order valence-electron chi connectivity index (χ1n) is 7.79. The van der Waals surface area contributed by atoms with Gasteiger partial charge in [0, 0.05) is 13.2 Å². The standard InChI is InChI=1S/C18H22NO5P/c1-14-6-8-15(9-7-14)12-23-18(20)19-11-16-4-3-5-17(10-16)24-13-25(2,21)22/h3-10H,11-13H2,1-2H3,(H,19,20)(H,21,22). The van der Waals surface area contributed by atoms with Gasteiger partial charge in [0.1, 0.15) is 12.4 Å². The Morgan fingerprint density at radius 1 is 1.16 bits per heavy atom. The number of alkyl carbamates (subject to hydrolysis) is 1. The maximum Gasteiger partial charge on any atom is 0.407 e. The number of aryl methyl sites for hydroxylation is 1. The molecule has 0 radical (unpaired) electrons. The second-order valence-electron chi connectivity index (χ2n) is 5.89. The SMILES string of the molecule is Cc1ccc(COC(=O)NCc2cccc(OCP(C)(=O)O)c2)cc1. The highest BCUT2D eigenvalue weighted by molar-refractivity contribution is 7.56. The fourth-order valence-electron chi connectivity index (χ4n) is 2.00. The first-order chi connectivity index (χ1) is 11.8. The van der Waals surface area contributed by atoms with Gasteiger partial charge in [0.05, 0.1) is 0 Å². The van der Waals surface area contributed by atoms with Crippen molar-refractivity contribution in [1.82, 2.24) is 5.32 Å². The summed E-state index contributed by atoms with van der Waals surface area (Å²) < 4.78 is 21.7. The number of carbonyl (C=O) groups excluding carboxylic acids is 1. The Labute approximate surface area is 147 Å². The lowest BCUT2D eigenvalue weighted by molar-refractivity contribution is 0.139. The van der Waals surface area contributed by atoms with Gasteiger partial charge >= 0.3 is 6.09 Å². The third-order valence-electron chi connectivity index (χ3n) is 3.30. The van der Waals surface area contributed by atoms with E-state index in [-0.39, 0.29) is 19.5 Å². The number of hydrogen-bond acceptors (Lipinski definition) is 4. The number of amides is 1. The largest absolute Gasteiger partial charge is 0.484 e. The molecular formula is C18H22NO5P. The molecule has 0 saturated heterocycles. The fourth-order valence-corrected chi connectivity index (χ4v) is 2.39. The van der Waals surface area contributed by atoms with E-state index in [0.717, 1.165) is 16.7 Å². The minimum Gasteiger partial charge on any atom is -0.484 e. The third-order valence-corrected chi connectivity index (χ3v) is 3.90. The molecule has 2 rings (SSSR count). The Morgan fingerprint density at radius 2 is 1.88 bits per heavy atom. The molecule has 2 aromatic rings. The Bertz CT molecular complexity index is 754. The van der Waals surface area contributed by atoms with Crippen molar-refractivity contribution in [3.05, 3.63) is 65.2 Å². The first kappa shape index (κ1) is 19.0. The first-order valence-corrected chi connectivity index (χ1v) is 10.1. The average Bonchev–Trinajstić information content (AvgIpc) is 2.57. The Kier molecular flexibility index (Phi) is 6.62. The third kappa shape index (κ3) is 7.42. The maximum absolute atomic E-state index is 11.8. The normalized spacial score (nSPS) is 12.9. The van der Waals surface area contributed by atoms with Crippen LogP contribution in [-0.4, -0.2) is 24.0 Å². The van der Waals surface area contributed by atoms with Crippen LogP contribution in [0.25, 0.3) is 0 Å². The lowest BCUT2D eigenvalue weighted by atomic mass is 10.2. The smallest absolute Gasteiger partial charge is 0.407 e. The topological polar surface area (TPSA) is 84.9 Å². The van der Waals surface area contributed by atoms with E-state index < -0.39 is 13.5 Å². The Hall–Kier alpha value is -2.30. The monoisotopic (exact) mass is 363 g/mol. The van der Waals surface area contributed by atoms with E-state index in [4.69, 9.17) is 9.47 Å². The van der Waals surface area contributed by atoms with Crippen LogP contribution < -0.4 is 10.1 Å². The summed E-state index contributed by atoms with van der Waals surface area (Å²) in [5.41, 5.74) is 2.87. The molecule has 2 aromatic carbocycles. The van der Waals surface area contributed by atoms with Crippen LogP contribution in [0.3, 0.4) is 0 Å². The molecule has 0 aliphatic heterocycles. The molecule has 0 aliphatic carbocycles. The quantitative estimate of drug-likeness (QED) is 0.734. The molecular weight excluding hydrogens is 341 g/mol. The molecule has 0 heterocycles. The van der Waals surface area contributed by atoms with Gasteiger partial charge in [0.2, 0.25) is 7.37 Å². The van der Waals surface area contributed by atoms with Gasteiger partial charge in [-0.2, -0.15) is 0 Å². The molecule has 0 aliphatic rings. The van der Waals surface area contributed by atoms with Gasteiger partial charge in [-0.3, -0.25) is 4.57 Å². The number of ether oxygens (including phenoxy) is 2. The predicted molar refractivity (Wildman–Crippen MR) is 95.9 cm³/mol. The number of benzene rings is 2. The van der Waals surface area contributed by atoms with Gasteiger partial charge in [-0.1, -0.05) is 42.0 Å². The van der Waals surface area contributed by atoms with Gasteiger partial charge in [0.15, 0.2) is 6.35 Å². The molecule has 2 N–H and O–H groups in total. The van der Waals surface area contributed by atoms with Crippen molar-refractivity contribution < 1.29 is 23.7 Å². The molecule has 6 nitrogen and oxygen atoms in total. The highest BCUT2D eigenvalue weighted by atomic mass is 31.2. The lowest BCUT2D eigenvalue weighted by Crippen LogP contribution is -2.23. The van der Waals surface area contributed by atoms with E-state index in [1.54, 1.807) is 18.2 Å². The average molecular weight is 363 g/mol. The van der Waals surface area contributed by atoms with Crippen molar-refractivity contribution in [3.8, 4) is 5.75 Å². The number of nitrogens with one attached hydrogen (secondary N) is 1. The fraction of sp³-hybridized carbons (Fsp3) is 0.278. The van der Waals surface area contributed by atoms with Crippen LogP contribution in [0.2, 0.25) is 0 Å². The van der Waals surface area contributed by atoms with E-state index in [1.807, 2.05) is 37.3 Å². The molecule has 0 saturated carbocycles. The van der Waals surface area contributed by atoms with Gasteiger partial charge in [0.25, 0.3) is 0 Å². The molecule has 1 amide bonds. The van der Waals surface area contributed by atoms with Crippen LogP contribution in [-0.2, 0) is 22.5 Å². The van der Waals surface area contributed by atoms with E-state index in [1.165, 1.54) is 6.66 Å². The summed E-state index contributed by atoms with van der Waals surface area (Å²) >= 11 is 0. The number of carbonyl (C=O) groups is 1. The summed E-state index contributed by atoms with van der Waals surface area (Å²) in [4.78, 5) is 21.0. The van der Waals surface area contributed by atoms with Gasteiger partial charge < -0.3 is 19.7 Å². The van der Waals surface area contributed by atoms with Gasteiger partial charge in [-0.25, -0.2) is 4.79 Å². The van der Waals surface area contributed by atoms with E-state index >= 15 is 0 Å². The molecule has 0 bridgehead atoms. The van der Waals surface area contributed by atoms with E-state index in [2.05, 4.69) is 5.32 Å². The highest BCUT2D eigenvalue weighted by Crippen LogP contribution is 2.35. The zero-order valence-electron chi connectivity index (χ0n) is 14.3. The summed E-state index contributed by atoms with van der Waals surface area (Å²) in [6.07, 6.45) is -0.761. The predicted octanol–water partition coefficient (Wildman–Crippen LogP) is 3.66. The molecule has 0 spiro atoms. The van der Waals surface area contributed by atoms with Crippen LogP contribution in [0.1, 0.15) is 16.7 Å². The summed E-state index contributed by atoms with van der Waals surface area (Å²) in [6.45, 7) is 3.71. The van der Waals surface area contributed by atoms with Crippen molar-refractivity contribution in [3.63, 3.8) is 0 Å². The Morgan fingerprint density at radius 3 is 2.56 bits per heavy atom. The molecule has 1 unspecified atom stereocenters. The van der Waals surface area contributed by atoms with Crippen LogP contribution in [0.5, 0.6) is 5.75 Å². The minimum atomic E-state index is -3.23. The number of hydrogen-bond donors (Lipinski definition) is 2. The minimum absolute atomic E-state index is 0.206. The van der Waals surface area contributed by atoms with Crippen molar-refractivity contribution in [2.75, 3.05) is 13.0 Å². The van der Waals surface area contributed by atoms with E-state index in [9.17, 15) is 14.3 Å².